The Kier molecular flexibility index (Phi) is 4.46. The van der Waals surface area contributed by atoms with Crippen LogP contribution in [0.2, 0.25) is 0 Å². The summed E-state index contributed by atoms with van der Waals surface area (Å²) in [6.07, 6.45) is 5.17. The van der Waals surface area contributed by atoms with E-state index in [1.165, 1.54) is 6.08 Å². The molecule has 4 nitrogen and oxygen atoms in total. The van der Waals surface area contributed by atoms with Crippen molar-refractivity contribution < 1.29 is 14.3 Å². The van der Waals surface area contributed by atoms with Crippen LogP contribution in [0.5, 0.6) is 0 Å². The van der Waals surface area contributed by atoms with Crippen molar-refractivity contribution in [1.82, 2.24) is 0 Å². The SMILES string of the molecule is CC(C)C=CC(=O)OC1(C(N)=O)CCCc2ccccc21. The Morgan fingerprint density at radius 2 is 2.05 bits per heavy atom. The molecule has 112 valence electrons. The summed E-state index contributed by atoms with van der Waals surface area (Å²) in [5.41, 5.74) is 5.98. The van der Waals surface area contributed by atoms with Gasteiger partial charge in [0.1, 0.15) is 0 Å². The fraction of sp³-hybridized carbons (Fsp3) is 0.412. The Morgan fingerprint density at radius 3 is 2.71 bits per heavy atom. The largest absolute Gasteiger partial charge is 0.441 e. The average Bonchev–Trinajstić information content (AvgIpc) is 2.45. The minimum Gasteiger partial charge on any atom is -0.441 e. The highest BCUT2D eigenvalue weighted by Crippen LogP contribution is 2.38. The van der Waals surface area contributed by atoms with E-state index in [0.717, 1.165) is 24.0 Å². The first-order valence-corrected chi connectivity index (χ1v) is 7.25. The molecular weight excluding hydrogens is 266 g/mol. The van der Waals surface area contributed by atoms with Crippen LogP contribution in [0.25, 0.3) is 0 Å². The number of carbonyl (C=O) groups is 2. The van der Waals surface area contributed by atoms with Gasteiger partial charge in [0.15, 0.2) is 0 Å². The molecule has 1 aliphatic carbocycles. The molecule has 0 saturated carbocycles. The summed E-state index contributed by atoms with van der Waals surface area (Å²) in [4.78, 5) is 24.1. The van der Waals surface area contributed by atoms with E-state index < -0.39 is 17.5 Å². The van der Waals surface area contributed by atoms with Crippen LogP contribution >= 0.6 is 0 Å². The van der Waals surface area contributed by atoms with E-state index in [4.69, 9.17) is 10.5 Å². The number of hydrogen-bond acceptors (Lipinski definition) is 3. The number of aryl methyl sites for hydroxylation is 1. The molecule has 2 N–H and O–H groups in total. The van der Waals surface area contributed by atoms with Gasteiger partial charge >= 0.3 is 5.97 Å². The standard InChI is InChI=1S/C17H21NO3/c1-12(2)9-10-15(19)21-17(16(18)20)11-5-7-13-6-3-4-8-14(13)17/h3-4,6,8-10,12H,5,7,11H2,1-2H3,(H2,18,20). The second-order valence-electron chi connectivity index (χ2n) is 5.73. The zero-order chi connectivity index (χ0) is 15.5. The molecule has 0 saturated heterocycles. The summed E-state index contributed by atoms with van der Waals surface area (Å²) in [5, 5.41) is 0. The van der Waals surface area contributed by atoms with E-state index in [2.05, 4.69) is 0 Å². The van der Waals surface area contributed by atoms with Crippen molar-refractivity contribution in [3.8, 4) is 0 Å². The lowest BCUT2D eigenvalue weighted by Crippen LogP contribution is -2.47. The summed E-state index contributed by atoms with van der Waals surface area (Å²) < 4.78 is 5.52. The normalized spacial score (nSPS) is 21.3. The van der Waals surface area contributed by atoms with Gasteiger partial charge in [0.2, 0.25) is 5.60 Å². The first kappa shape index (κ1) is 15.3. The summed E-state index contributed by atoms with van der Waals surface area (Å²) in [6, 6.07) is 7.51. The average molecular weight is 287 g/mol. The first-order valence-electron chi connectivity index (χ1n) is 7.25. The Morgan fingerprint density at radius 1 is 1.33 bits per heavy atom. The van der Waals surface area contributed by atoms with Crippen molar-refractivity contribution in [2.24, 2.45) is 11.7 Å². The molecule has 0 spiro atoms. The van der Waals surface area contributed by atoms with Crippen molar-refractivity contribution in [2.75, 3.05) is 0 Å². The van der Waals surface area contributed by atoms with E-state index in [1.807, 2.05) is 38.1 Å². The molecule has 1 aromatic rings. The number of amides is 1. The zero-order valence-electron chi connectivity index (χ0n) is 12.5. The summed E-state index contributed by atoms with van der Waals surface area (Å²) in [5.74, 6) is -0.902. The molecule has 0 fully saturated rings. The van der Waals surface area contributed by atoms with Gasteiger partial charge in [-0.2, -0.15) is 0 Å². The summed E-state index contributed by atoms with van der Waals surface area (Å²) >= 11 is 0. The van der Waals surface area contributed by atoms with Crippen LogP contribution < -0.4 is 5.73 Å². The maximum atomic E-state index is 12.0. The molecular formula is C17H21NO3. The summed E-state index contributed by atoms with van der Waals surface area (Å²) in [6.45, 7) is 3.92. The van der Waals surface area contributed by atoms with Gasteiger partial charge in [0.05, 0.1) is 0 Å². The number of carbonyl (C=O) groups excluding carboxylic acids is 2. The number of allylic oxidation sites excluding steroid dienone is 1. The van der Waals surface area contributed by atoms with Gasteiger partial charge in [-0.25, -0.2) is 4.79 Å². The highest BCUT2D eigenvalue weighted by molar-refractivity contribution is 5.91. The topological polar surface area (TPSA) is 69.4 Å². The lowest BCUT2D eigenvalue weighted by atomic mass is 9.78. The molecule has 1 aromatic carbocycles. The Balaban J connectivity index is 2.35. The fourth-order valence-corrected chi connectivity index (χ4v) is 2.68. The number of esters is 1. The molecule has 0 aliphatic heterocycles. The highest BCUT2D eigenvalue weighted by atomic mass is 16.6. The molecule has 1 aliphatic rings. The van der Waals surface area contributed by atoms with Crippen LogP contribution in [0.3, 0.4) is 0 Å². The van der Waals surface area contributed by atoms with Gasteiger partial charge in [-0.05, 0) is 24.3 Å². The Labute approximate surface area is 125 Å². The maximum Gasteiger partial charge on any atom is 0.331 e. The van der Waals surface area contributed by atoms with Crippen LogP contribution in [0.1, 0.15) is 37.8 Å². The van der Waals surface area contributed by atoms with Gasteiger partial charge in [-0.1, -0.05) is 44.2 Å². The van der Waals surface area contributed by atoms with Crippen LogP contribution in [0.15, 0.2) is 36.4 Å². The zero-order valence-corrected chi connectivity index (χ0v) is 12.5. The first-order chi connectivity index (χ1) is 9.95. The van der Waals surface area contributed by atoms with Crippen molar-refractivity contribution in [2.45, 2.75) is 38.7 Å². The Bertz CT molecular complexity index is 577. The van der Waals surface area contributed by atoms with Gasteiger partial charge in [0, 0.05) is 18.1 Å². The number of hydrogen-bond donors (Lipinski definition) is 1. The molecule has 1 unspecified atom stereocenters. The van der Waals surface area contributed by atoms with E-state index in [-0.39, 0.29) is 5.92 Å². The predicted octanol–water partition coefficient (Wildman–Crippen LogP) is 2.46. The molecule has 0 radical (unpaired) electrons. The van der Waals surface area contributed by atoms with Crippen molar-refractivity contribution in [3.05, 3.63) is 47.5 Å². The fourth-order valence-electron chi connectivity index (χ4n) is 2.68. The van der Waals surface area contributed by atoms with Crippen LogP contribution in [-0.4, -0.2) is 11.9 Å². The number of benzene rings is 1. The smallest absolute Gasteiger partial charge is 0.331 e. The van der Waals surface area contributed by atoms with Gasteiger partial charge in [-0.3, -0.25) is 4.79 Å². The predicted molar refractivity (Wildman–Crippen MR) is 80.3 cm³/mol. The molecule has 0 heterocycles. The van der Waals surface area contributed by atoms with Crippen molar-refractivity contribution >= 4 is 11.9 Å². The number of ether oxygens (including phenoxy) is 1. The van der Waals surface area contributed by atoms with Crippen LogP contribution in [0, 0.1) is 5.92 Å². The molecule has 4 heteroatoms. The van der Waals surface area contributed by atoms with Gasteiger partial charge in [-0.15, -0.1) is 0 Å². The minimum absolute atomic E-state index is 0.237. The third-order valence-corrected chi connectivity index (χ3v) is 3.72. The number of fused-ring (bicyclic) bond motifs is 1. The molecule has 1 amide bonds. The van der Waals surface area contributed by atoms with Gasteiger partial charge in [0.25, 0.3) is 5.91 Å². The quantitative estimate of drug-likeness (QED) is 0.683. The van der Waals surface area contributed by atoms with Crippen molar-refractivity contribution in [3.63, 3.8) is 0 Å². The lowest BCUT2D eigenvalue weighted by Gasteiger charge is -2.35. The third-order valence-electron chi connectivity index (χ3n) is 3.72. The van der Waals surface area contributed by atoms with E-state index in [0.29, 0.717) is 6.42 Å². The molecule has 0 aromatic heterocycles. The summed E-state index contributed by atoms with van der Waals surface area (Å²) in [7, 11) is 0. The maximum absolute atomic E-state index is 12.0. The highest BCUT2D eigenvalue weighted by Gasteiger charge is 2.45. The number of rotatable bonds is 4. The second kappa shape index (κ2) is 6.12. The van der Waals surface area contributed by atoms with Crippen molar-refractivity contribution in [1.29, 1.82) is 0 Å². The number of nitrogens with two attached hydrogens (primary N) is 1. The molecule has 0 bridgehead atoms. The van der Waals surface area contributed by atoms with Gasteiger partial charge < -0.3 is 10.5 Å². The van der Waals surface area contributed by atoms with E-state index in [9.17, 15) is 9.59 Å². The molecule has 21 heavy (non-hydrogen) atoms. The van der Waals surface area contributed by atoms with E-state index in [1.54, 1.807) is 6.08 Å². The molecule has 2 rings (SSSR count). The molecule has 1 atom stereocenters. The lowest BCUT2D eigenvalue weighted by molar-refractivity contribution is -0.166. The van der Waals surface area contributed by atoms with E-state index >= 15 is 0 Å². The number of primary amides is 1. The monoisotopic (exact) mass is 287 g/mol. The van der Waals surface area contributed by atoms with Crippen LogP contribution in [0.4, 0.5) is 0 Å². The minimum atomic E-state index is -1.34. The Hall–Kier alpha value is -2.10. The van der Waals surface area contributed by atoms with Crippen LogP contribution in [-0.2, 0) is 26.3 Å². The second-order valence-corrected chi connectivity index (χ2v) is 5.73. The third kappa shape index (κ3) is 3.15.